The number of nitrogens with zero attached hydrogens (tertiary/aromatic N) is 1. The van der Waals surface area contributed by atoms with Crippen molar-refractivity contribution in [1.82, 2.24) is 4.98 Å². The molecule has 102 valence electrons. The van der Waals surface area contributed by atoms with Crippen LogP contribution in [0.2, 0.25) is 5.02 Å². The molecule has 3 aromatic rings. The fourth-order valence-electron chi connectivity index (χ4n) is 1.89. The number of fused-ring (bicyclic) bond motifs is 1. The fourth-order valence-corrected chi connectivity index (χ4v) is 3.08. The minimum Gasteiger partial charge on any atom is -0.431 e. The number of para-hydroxylation sites is 2. The lowest BCUT2D eigenvalue weighted by Crippen LogP contribution is -1.96. The summed E-state index contributed by atoms with van der Waals surface area (Å²) in [7, 11) is 0. The Balaban J connectivity index is 1.75. The van der Waals surface area contributed by atoms with E-state index < -0.39 is 0 Å². The summed E-state index contributed by atoms with van der Waals surface area (Å²) in [6, 6.07) is 13.6. The quantitative estimate of drug-likeness (QED) is 0.733. The monoisotopic (exact) mass is 304 g/mol. The van der Waals surface area contributed by atoms with Crippen molar-refractivity contribution < 1.29 is 4.42 Å². The van der Waals surface area contributed by atoms with E-state index >= 15 is 0 Å². The predicted octanol–water partition coefficient (Wildman–Crippen LogP) is 4.23. The molecule has 0 atom stereocenters. The van der Waals surface area contributed by atoms with Crippen LogP contribution in [0.4, 0.5) is 0 Å². The maximum Gasteiger partial charge on any atom is 0.257 e. The molecule has 0 amide bonds. The highest BCUT2D eigenvalue weighted by molar-refractivity contribution is 7.98. The van der Waals surface area contributed by atoms with E-state index in [4.69, 9.17) is 21.8 Å². The van der Waals surface area contributed by atoms with Gasteiger partial charge in [-0.25, -0.2) is 4.98 Å². The van der Waals surface area contributed by atoms with E-state index in [1.807, 2.05) is 42.5 Å². The van der Waals surface area contributed by atoms with Crippen LogP contribution in [0.3, 0.4) is 0 Å². The predicted molar refractivity (Wildman–Crippen MR) is 82.9 cm³/mol. The Kier molecular flexibility index (Phi) is 3.96. The molecule has 0 fully saturated rings. The first-order valence-electron chi connectivity index (χ1n) is 6.22. The van der Waals surface area contributed by atoms with Crippen molar-refractivity contribution in [3.63, 3.8) is 0 Å². The number of thioether (sulfide) groups is 1. The maximum atomic E-state index is 6.23. The lowest BCUT2D eigenvalue weighted by atomic mass is 10.1. The molecule has 3 rings (SSSR count). The first-order chi connectivity index (χ1) is 9.76. The average Bonchev–Trinajstić information content (AvgIpc) is 2.88. The van der Waals surface area contributed by atoms with Crippen LogP contribution in [0.15, 0.2) is 52.1 Å². The molecule has 20 heavy (non-hydrogen) atoms. The van der Waals surface area contributed by atoms with Crippen molar-refractivity contribution in [2.45, 2.75) is 17.5 Å². The third-order valence-electron chi connectivity index (χ3n) is 2.98. The Labute approximate surface area is 126 Å². The van der Waals surface area contributed by atoms with Gasteiger partial charge in [0, 0.05) is 17.3 Å². The molecule has 0 aliphatic carbocycles. The molecular weight excluding hydrogens is 292 g/mol. The number of aromatic nitrogens is 1. The van der Waals surface area contributed by atoms with Crippen LogP contribution >= 0.6 is 23.4 Å². The van der Waals surface area contributed by atoms with Crippen LogP contribution in [0, 0.1) is 0 Å². The van der Waals surface area contributed by atoms with Gasteiger partial charge in [-0.3, -0.25) is 0 Å². The van der Waals surface area contributed by atoms with Crippen molar-refractivity contribution >= 4 is 34.5 Å². The van der Waals surface area contributed by atoms with Crippen molar-refractivity contribution in [3.05, 3.63) is 58.6 Å². The molecule has 0 saturated carbocycles. The average molecular weight is 305 g/mol. The molecule has 0 aliphatic heterocycles. The zero-order valence-electron chi connectivity index (χ0n) is 10.7. The van der Waals surface area contributed by atoms with Gasteiger partial charge in [0.2, 0.25) is 0 Å². The standard InChI is InChI=1S/C15H13ClN2OS/c16-12-7-10(8-17)5-6-11(12)9-20-15-18-13-3-1-2-4-14(13)19-15/h1-7H,8-9,17H2. The van der Waals surface area contributed by atoms with E-state index in [-0.39, 0.29) is 0 Å². The normalized spacial score (nSPS) is 11.1. The molecule has 0 unspecified atom stereocenters. The van der Waals surface area contributed by atoms with Gasteiger partial charge in [0.1, 0.15) is 5.52 Å². The van der Waals surface area contributed by atoms with Crippen LogP contribution in [-0.2, 0) is 12.3 Å². The van der Waals surface area contributed by atoms with E-state index in [1.165, 1.54) is 11.8 Å². The molecule has 0 aliphatic rings. The molecule has 2 N–H and O–H groups in total. The topological polar surface area (TPSA) is 52.0 Å². The highest BCUT2D eigenvalue weighted by Gasteiger charge is 2.08. The van der Waals surface area contributed by atoms with E-state index in [9.17, 15) is 0 Å². The Morgan fingerprint density at radius 2 is 2.05 bits per heavy atom. The van der Waals surface area contributed by atoms with Crippen LogP contribution in [0.25, 0.3) is 11.1 Å². The van der Waals surface area contributed by atoms with Gasteiger partial charge < -0.3 is 10.2 Å². The van der Waals surface area contributed by atoms with Gasteiger partial charge in [-0.05, 0) is 29.3 Å². The molecule has 2 aromatic carbocycles. The second-order valence-corrected chi connectivity index (χ2v) is 5.70. The highest BCUT2D eigenvalue weighted by Crippen LogP contribution is 2.29. The number of halogens is 1. The van der Waals surface area contributed by atoms with Crippen molar-refractivity contribution in [1.29, 1.82) is 0 Å². The summed E-state index contributed by atoms with van der Waals surface area (Å²) in [5, 5.41) is 1.39. The van der Waals surface area contributed by atoms with Crippen molar-refractivity contribution in [2.24, 2.45) is 5.73 Å². The maximum absolute atomic E-state index is 6.23. The number of benzene rings is 2. The van der Waals surface area contributed by atoms with E-state index in [2.05, 4.69) is 4.98 Å². The molecule has 0 saturated heterocycles. The van der Waals surface area contributed by atoms with Crippen LogP contribution in [0.1, 0.15) is 11.1 Å². The Morgan fingerprint density at radius 1 is 1.20 bits per heavy atom. The second kappa shape index (κ2) is 5.87. The molecule has 0 spiro atoms. The third-order valence-corrected chi connectivity index (χ3v) is 4.21. The molecule has 1 aromatic heterocycles. The summed E-state index contributed by atoms with van der Waals surface area (Å²) in [6.07, 6.45) is 0. The largest absolute Gasteiger partial charge is 0.431 e. The first kappa shape index (κ1) is 13.5. The summed E-state index contributed by atoms with van der Waals surface area (Å²) < 4.78 is 5.66. The van der Waals surface area contributed by atoms with E-state index in [1.54, 1.807) is 0 Å². The molecule has 0 bridgehead atoms. The minimum atomic E-state index is 0.498. The van der Waals surface area contributed by atoms with Gasteiger partial charge in [-0.15, -0.1) is 0 Å². The lowest BCUT2D eigenvalue weighted by Gasteiger charge is -2.04. The van der Waals surface area contributed by atoms with Crippen molar-refractivity contribution in [3.8, 4) is 0 Å². The summed E-state index contributed by atoms with van der Waals surface area (Å²) in [6.45, 7) is 0.498. The number of nitrogens with two attached hydrogens (primary N) is 1. The minimum absolute atomic E-state index is 0.498. The molecular formula is C15H13ClN2OS. The van der Waals surface area contributed by atoms with Crippen LogP contribution < -0.4 is 5.73 Å². The summed E-state index contributed by atoms with van der Waals surface area (Å²) in [5.41, 5.74) is 9.35. The Hall–Kier alpha value is -1.49. The van der Waals surface area contributed by atoms with E-state index in [0.717, 1.165) is 33.0 Å². The van der Waals surface area contributed by atoms with Gasteiger partial charge in [-0.1, -0.05) is 47.6 Å². The van der Waals surface area contributed by atoms with Gasteiger partial charge in [0.05, 0.1) is 0 Å². The zero-order valence-corrected chi connectivity index (χ0v) is 12.2. The first-order valence-corrected chi connectivity index (χ1v) is 7.58. The molecule has 5 heteroatoms. The molecule has 3 nitrogen and oxygen atoms in total. The van der Waals surface area contributed by atoms with Crippen LogP contribution in [0.5, 0.6) is 0 Å². The fraction of sp³-hybridized carbons (Fsp3) is 0.133. The van der Waals surface area contributed by atoms with Gasteiger partial charge in [0.25, 0.3) is 5.22 Å². The number of rotatable bonds is 4. The number of hydrogen-bond donors (Lipinski definition) is 1. The second-order valence-electron chi connectivity index (χ2n) is 4.37. The van der Waals surface area contributed by atoms with Gasteiger partial charge in [0.15, 0.2) is 5.58 Å². The highest BCUT2D eigenvalue weighted by atomic mass is 35.5. The Bertz CT molecular complexity index is 709. The molecule has 0 radical (unpaired) electrons. The molecule has 1 heterocycles. The third kappa shape index (κ3) is 2.82. The summed E-state index contributed by atoms with van der Waals surface area (Å²) in [5.74, 6) is 0.719. The zero-order chi connectivity index (χ0) is 13.9. The lowest BCUT2D eigenvalue weighted by molar-refractivity contribution is 0.489. The van der Waals surface area contributed by atoms with E-state index in [0.29, 0.717) is 11.8 Å². The SMILES string of the molecule is NCc1ccc(CSc2nc3ccccc3o2)c(Cl)c1. The van der Waals surface area contributed by atoms with Crippen LogP contribution in [-0.4, -0.2) is 4.98 Å². The van der Waals surface area contributed by atoms with Gasteiger partial charge in [-0.2, -0.15) is 0 Å². The Morgan fingerprint density at radius 3 is 2.80 bits per heavy atom. The summed E-state index contributed by atoms with van der Waals surface area (Å²) in [4.78, 5) is 4.42. The van der Waals surface area contributed by atoms with Crippen molar-refractivity contribution in [2.75, 3.05) is 0 Å². The summed E-state index contributed by atoms with van der Waals surface area (Å²) >= 11 is 7.77. The van der Waals surface area contributed by atoms with Gasteiger partial charge >= 0.3 is 0 Å². The number of hydrogen-bond acceptors (Lipinski definition) is 4. The smallest absolute Gasteiger partial charge is 0.257 e. The number of oxazole rings is 1.